The number of carbonyl (C=O) groups is 2. The first-order valence-electron chi connectivity index (χ1n) is 9.68. The van der Waals surface area contributed by atoms with Crippen molar-refractivity contribution in [3.63, 3.8) is 0 Å². The number of nitrogens with zero attached hydrogens (tertiary/aromatic N) is 2. The summed E-state index contributed by atoms with van der Waals surface area (Å²) in [5.41, 5.74) is 4.91. The summed E-state index contributed by atoms with van der Waals surface area (Å²) in [6.45, 7) is 1.78. The molecular formula is C23H19BrN4O5. The molecule has 0 radical (unpaired) electrons. The average molecular weight is 511 g/mol. The number of ether oxygens (including phenoxy) is 1. The van der Waals surface area contributed by atoms with Crippen molar-refractivity contribution in [3.05, 3.63) is 98.0 Å². The van der Waals surface area contributed by atoms with E-state index in [9.17, 15) is 19.7 Å². The number of benzene rings is 3. The molecule has 0 aromatic heterocycles. The maximum Gasteiger partial charge on any atom is 0.271 e. The number of hydrogen-bond donors (Lipinski definition) is 2. The van der Waals surface area contributed by atoms with Crippen molar-refractivity contribution >= 4 is 45.3 Å². The third kappa shape index (κ3) is 6.97. The van der Waals surface area contributed by atoms with Crippen molar-refractivity contribution in [1.82, 2.24) is 5.43 Å². The molecular weight excluding hydrogens is 492 g/mol. The fraction of sp³-hybridized carbons (Fsp3) is 0.0870. The Morgan fingerprint density at radius 3 is 2.55 bits per heavy atom. The van der Waals surface area contributed by atoms with Crippen LogP contribution < -0.4 is 15.5 Å². The lowest BCUT2D eigenvalue weighted by Crippen LogP contribution is -2.20. The number of aryl methyl sites for hydroxylation is 1. The summed E-state index contributed by atoms with van der Waals surface area (Å²) >= 11 is 3.39. The molecule has 9 nitrogen and oxygen atoms in total. The number of hydrogen-bond acceptors (Lipinski definition) is 6. The second kappa shape index (κ2) is 11.0. The normalized spacial score (nSPS) is 10.6. The van der Waals surface area contributed by atoms with E-state index in [-0.39, 0.29) is 23.8 Å². The Balaban J connectivity index is 1.52. The lowest BCUT2D eigenvalue weighted by molar-refractivity contribution is -0.384. The molecule has 3 rings (SSSR count). The first-order chi connectivity index (χ1) is 15.8. The number of nitro groups is 1. The predicted octanol–water partition coefficient (Wildman–Crippen LogP) is 4.45. The van der Waals surface area contributed by atoms with Gasteiger partial charge in [0.1, 0.15) is 5.75 Å². The van der Waals surface area contributed by atoms with Crippen LogP contribution in [-0.2, 0) is 4.79 Å². The molecule has 168 valence electrons. The highest BCUT2D eigenvalue weighted by molar-refractivity contribution is 9.10. The zero-order valence-electron chi connectivity index (χ0n) is 17.4. The van der Waals surface area contributed by atoms with Gasteiger partial charge in [0.2, 0.25) is 0 Å². The summed E-state index contributed by atoms with van der Waals surface area (Å²) in [6.07, 6.45) is 1.43. The molecule has 10 heteroatoms. The van der Waals surface area contributed by atoms with Gasteiger partial charge >= 0.3 is 0 Å². The van der Waals surface area contributed by atoms with Crippen molar-refractivity contribution in [2.45, 2.75) is 6.92 Å². The van der Waals surface area contributed by atoms with Crippen molar-refractivity contribution in [3.8, 4) is 5.75 Å². The van der Waals surface area contributed by atoms with E-state index in [1.807, 2.05) is 25.1 Å². The largest absolute Gasteiger partial charge is 0.483 e. The molecule has 33 heavy (non-hydrogen) atoms. The molecule has 0 aliphatic carbocycles. The molecule has 0 saturated carbocycles. The Morgan fingerprint density at radius 2 is 1.88 bits per heavy atom. The number of rotatable bonds is 8. The molecule has 2 amide bonds. The van der Waals surface area contributed by atoms with E-state index in [0.29, 0.717) is 21.5 Å². The molecule has 0 unspecified atom stereocenters. The number of nitro benzene ring substituents is 1. The van der Waals surface area contributed by atoms with Gasteiger partial charge in [-0.3, -0.25) is 19.7 Å². The first-order valence-corrected chi connectivity index (χ1v) is 10.5. The van der Waals surface area contributed by atoms with Crippen molar-refractivity contribution in [1.29, 1.82) is 0 Å². The Bertz CT molecular complexity index is 1210. The third-order valence-corrected chi connectivity index (χ3v) is 4.96. The molecule has 3 aromatic rings. The smallest absolute Gasteiger partial charge is 0.271 e. The minimum absolute atomic E-state index is 0.102. The van der Waals surface area contributed by atoms with Gasteiger partial charge in [0.15, 0.2) is 6.61 Å². The van der Waals surface area contributed by atoms with Crippen LogP contribution in [0.2, 0.25) is 0 Å². The number of anilines is 1. The fourth-order valence-electron chi connectivity index (χ4n) is 2.74. The number of halogens is 1. The van der Waals surface area contributed by atoms with Crippen LogP contribution in [0.3, 0.4) is 0 Å². The summed E-state index contributed by atoms with van der Waals surface area (Å²) in [5, 5.41) is 17.3. The highest BCUT2D eigenvalue weighted by Crippen LogP contribution is 2.25. The van der Waals surface area contributed by atoms with E-state index in [2.05, 4.69) is 31.8 Å². The fourth-order valence-corrected chi connectivity index (χ4v) is 3.25. The molecule has 0 fully saturated rings. The summed E-state index contributed by atoms with van der Waals surface area (Å²) in [6, 6.07) is 17.7. The lowest BCUT2D eigenvalue weighted by atomic mass is 10.2. The lowest BCUT2D eigenvalue weighted by Gasteiger charge is -2.10. The van der Waals surface area contributed by atoms with Crippen LogP contribution in [-0.4, -0.2) is 29.6 Å². The summed E-state index contributed by atoms with van der Waals surface area (Å²) in [4.78, 5) is 34.3. The zero-order chi connectivity index (χ0) is 23.8. The third-order valence-electron chi connectivity index (χ3n) is 4.34. The molecule has 0 heterocycles. The molecule has 0 aliphatic rings. The Morgan fingerprint density at radius 1 is 1.12 bits per heavy atom. The van der Waals surface area contributed by atoms with Crippen LogP contribution in [0.15, 0.2) is 76.3 Å². The average Bonchev–Trinajstić information content (AvgIpc) is 2.78. The number of hydrazone groups is 1. The Kier molecular flexibility index (Phi) is 7.87. The van der Waals surface area contributed by atoms with Gasteiger partial charge < -0.3 is 10.1 Å². The standard InChI is InChI=1S/C23H19BrN4O5/c1-15-3-2-4-18(11-15)26-22(29)14-33-21-10-5-16(12-20(21)24)13-25-27-23(30)17-6-8-19(9-7-17)28(31)32/h2-13H,14H2,1H3,(H,26,29)(H,27,30)/b25-13+. The Labute approximate surface area is 197 Å². The van der Waals surface area contributed by atoms with Crippen molar-refractivity contribution in [2.75, 3.05) is 11.9 Å². The van der Waals surface area contributed by atoms with Gasteiger partial charge in [-0.05, 0) is 76.4 Å². The summed E-state index contributed by atoms with van der Waals surface area (Å²) in [5.74, 6) is -0.312. The van der Waals surface area contributed by atoms with E-state index in [1.54, 1.807) is 24.3 Å². The van der Waals surface area contributed by atoms with Gasteiger partial charge in [-0.1, -0.05) is 12.1 Å². The van der Waals surface area contributed by atoms with Gasteiger partial charge in [0.25, 0.3) is 17.5 Å². The summed E-state index contributed by atoms with van der Waals surface area (Å²) < 4.78 is 6.17. The predicted molar refractivity (Wildman–Crippen MR) is 128 cm³/mol. The van der Waals surface area contributed by atoms with Gasteiger partial charge in [0.05, 0.1) is 15.6 Å². The molecule has 0 bridgehead atoms. The Hall–Kier alpha value is -4.05. The SMILES string of the molecule is Cc1cccc(NC(=O)COc2ccc(/C=N/NC(=O)c3ccc([N+](=O)[O-])cc3)cc2Br)c1. The first kappa shape index (κ1) is 23.6. The van der Waals surface area contributed by atoms with E-state index in [4.69, 9.17) is 4.74 Å². The maximum atomic E-state index is 12.1. The topological polar surface area (TPSA) is 123 Å². The zero-order valence-corrected chi connectivity index (χ0v) is 19.0. The van der Waals surface area contributed by atoms with Crippen LogP contribution in [0, 0.1) is 17.0 Å². The highest BCUT2D eigenvalue weighted by atomic mass is 79.9. The molecule has 2 N–H and O–H groups in total. The number of nitrogens with one attached hydrogen (secondary N) is 2. The van der Waals surface area contributed by atoms with Gasteiger partial charge in [-0.2, -0.15) is 5.10 Å². The maximum absolute atomic E-state index is 12.1. The minimum Gasteiger partial charge on any atom is -0.483 e. The van der Waals surface area contributed by atoms with E-state index in [0.717, 1.165) is 5.56 Å². The molecule has 0 aliphatic heterocycles. The van der Waals surface area contributed by atoms with Crippen LogP contribution in [0.1, 0.15) is 21.5 Å². The number of non-ortho nitro benzene ring substituents is 1. The molecule has 3 aromatic carbocycles. The van der Waals surface area contributed by atoms with Gasteiger partial charge in [0, 0.05) is 23.4 Å². The highest BCUT2D eigenvalue weighted by Gasteiger charge is 2.09. The quantitative estimate of drug-likeness (QED) is 0.263. The number of amides is 2. The van der Waals surface area contributed by atoms with Crippen LogP contribution in [0.4, 0.5) is 11.4 Å². The molecule has 0 spiro atoms. The van der Waals surface area contributed by atoms with Crippen LogP contribution >= 0.6 is 15.9 Å². The molecule has 0 saturated heterocycles. The second-order valence-electron chi connectivity index (χ2n) is 6.90. The van der Waals surface area contributed by atoms with Gasteiger partial charge in [-0.15, -0.1) is 0 Å². The number of carbonyl (C=O) groups excluding carboxylic acids is 2. The van der Waals surface area contributed by atoms with E-state index >= 15 is 0 Å². The van der Waals surface area contributed by atoms with Crippen LogP contribution in [0.25, 0.3) is 0 Å². The van der Waals surface area contributed by atoms with E-state index in [1.165, 1.54) is 30.5 Å². The van der Waals surface area contributed by atoms with Crippen molar-refractivity contribution in [2.24, 2.45) is 5.10 Å². The van der Waals surface area contributed by atoms with Crippen LogP contribution in [0.5, 0.6) is 5.75 Å². The van der Waals surface area contributed by atoms with E-state index < -0.39 is 10.8 Å². The van der Waals surface area contributed by atoms with Crippen molar-refractivity contribution < 1.29 is 19.2 Å². The molecule has 0 atom stereocenters. The van der Waals surface area contributed by atoms with Gasteiger partial charge in [-0.25, -0.2) is 5.43 Å². The monoisotopic (exact) mass is 510 g/mol. The minimum atomic E-state index is -0.540. The second-order valence-corrected chi connectivity index (χ2v) is 7.75. The summed E-state index contributed by atoms with van der Waals surface area (Å²) in [7, 11) is 0.